The number of carboxylic acid groups (broad SMARTS) is 1. The number of carbonyl (C=O) groups excluding carboxylic acids is 2. The Hall–Kier alpha value is -2.37. The van der Waals surface area contributed by atoms with Gasteiger partial charge in [0.25, 0.3) is 5.91 Å². The summed E-state index contributed by atoms with van der Waals surface area (Å²) in [5, 5.41) is 12.0. The lowest BCUT2D eigenvalue weighted by Crippen LogP contribution is -2.49. The number of nitrogens with one attached hydrogen (secondary N) is 1. The molecule has 1 aliphatic heterocycles. The van der Waals surface area contributed by atoms with E-state index < -0.39 is 11.9 Å². The van der Waals surface area contributed by atoms with Crippen LogP contribution in [0.25, 0.3) is 0 Å². The van der Waals surface area contributed by atoms with E-state index in [0.29, 0.717) is 37.1 Å². The van der Waals surface area contributed by atoms with Crippen LogP contribution in [0.4, 0.5) is 5.69 Å². The van der Waals surface area contributed by atoms with Crippen molar-refractivity contribution in [2.24, 2.45) is 5.92 Å². The van der Waals surface area contributed by atoms with Crippen LogP contribution < -0.4 is 5.32 Å². The maximum atomic E-state index is 12.7. The Morgan fingerprint density at radius 3 is 2.74 bits per heavy atom. The summed E-state index contributed by atoms with van der Waals surface area (Å²) in [6.07, 6.45) is 1.63. The molecule has 6 heteroatoms. The van der Waals surface area contributed by atoms with Crippen molar-refractivity contribution in [2.45, 2.75) is 39.2 Å². The highest BCUT2D eigenvalue weighted by atomic mass is 16.4. The second kappa shape index (κ2) is 7.26. The molecule has 1 fully saturated rings. The molecule has 1 heterocycles. The molecule has 0 bridgehead atoms. The fourth-order valence-corrected chi connectivity index (χ4v) is 2.91. The minimum Gasteiger partial charge on any atom is -0.481 e. The van der Waals surface area contributed by atoms with Crippen molar-refractivity contribution in [1.29, 1.82) is 0 Å². The molecule has 1 saturated heterocycles. The maximum absolute atomic E-state index is 12.7. The zero-order valence-corrected chi connectivity index (χ0v) is 13.4. The molecule has 2 amide bonds. The number of benzene rings is 1. The number of rotatable bonds is 4. The molecule has 1 aromatic rings. The first kappa shape index (κ1) is 17.0. The van der Waals surface area contributed by atoms with Gasteiger partial charge in [-0.25, -0.2) is 0 Å². The van der Waals surface area contributed by atoms with E-state index in [0.717, 1.165) is 0 Å². The normalized spacial score (nSPS) is 20.9. The summed E-state index contributed by atoms with van der Waals surface area (Å²) in [6, 6.07) is 6.41. The summed E-state index contributed by atoms with van der Waals surface area (Å²) < 4.78 is 0. The highest BCUT2D eigenvalue weighted by Gasteiger charge is 2.35. The molecule has 2 atom stereocenters. The fourth-order valence-electron chi connectivity index (χ4n) is 2.91. The number of hydrogen-bond donors (Lipinski definition) is 2. The quantitative estimate of drug-likeness (QED) is 0.892. The molecule has 0 spiro atoms. The number of likely N-dealkylation sites (tertiary alicyclic amines) is 1. The first-order valence-corrected chi connectivity index (χ1v) is 7.87. The largest absolute Gasteiger partial charge is 0.481 e. The van der Waals surface area contributed by atoms with Crippen molar-refractivity contribution in [2.75, 3.05) is 11.9 Å². The van der Waals surface area contributed by atoms with Gasteiger partial charge in [-0.15, -0.1) is 0 Å². The Morgan fingerprint density at radius 1 is 1.35 bits per heavy atom. The van der Waals surface area contributed by atoms with Crippen molar-refractivity contribution in [3.05, 3.63) is 29.8 Å². The molecule has 0 saturated carbocycles. The predicted molar refractivity (Wildman–Crippen MR) is 86.2 cm³/mol. The van der Waals surface area contributed by atoms with Crippen LogP contribution in [0.15, 0.2) is 24.3 Å². The molecular formula is C17H22N2O4. The summed E-state index contributed by atoms with van der Waals surface area (Å²) in [5.41, 5.74) is 1.03. The maximum Gasteiger partial charge on any atom is 0.308 e. The SMILES string of the molecule is CCC(=O)Nc1cccc(C(=O)N2CCC[C@H](C(=O)O)[C@@H]2C)c1. The zero-order valence-electron chi connectivity index (χ0n) is 13.4. The fraction of sp³-hybridized carbons (Fsp3) is 0.471. The van der Waals surface area contributed by atoms with Gasteiger partial charge in [-0.2, -0.15) is 0 Å². The molecule has 0 aliphatic carbocycles. The number of hydrogen-bond acceptors (Lipinski definition) is 3. The third-order valence-electron chi connectivity index (χ3n) is 4.28. The van der Waals surface area contributed by atoms with Gasteiger partial charge < -0.3 is 15.3 Å². The monoisotopic (exact) mass is 318 g/mol. The number of carboxylic acids is 1. The number of carbonyl (C=O) groups is 3. The van der Waals surface area contributed by atoms with Gasteiger partial charge >= 0.3 is 5.97 Å². The van der Waals surface area contributed by atoms with Gasteiger partial charge in [-0.05, 0) is 38.0 Å². The smallest absolute Gasteiger partial charge is 0.308 e. The molecule has 124 valence electrons. The van der Waals surface area contributed by atoms with Gasteiger partial charge in [-0.1, -0.05) is 13.0 Å². The number of piperidine rings is 1. The number of amides is 2. The molecule has 6 nitrogen and oxygen atoms in total. The number of anilines is 1. The Bertz CT molecular complexity index is 614. The third-order valence-corrected chi connectivity index (χ3v) is 4.28. The predicted octanol–water partition coefficient (Wildman–Crippen LogP) is 2.36. The average molecular weight is 318 g/mol. The average Bonchev–Trinajstić information content (AvgIpc) is 2.54. The van der Waals surface area contributed by atoms with Crippen LogP contribution in [0.1, 0.15) is 43.5 Å². The molecule has 2 rings (SSSR count). The first-order chi connectivity index (χ1) is 10.9. The summed E-state index contributed by atoms with van der Waals surface area (Å²) in [5.74, 6) is -1.71. The molecule has 0 aromatic heterocycles. The topological polar surface area (TPSA) is 86.7 Å². The van der Waals surface area contributed by atoms with Crippen LogP contribution in [-0.2, 0) is 9.59 Å². The Kier molecular flexibility index (Phi) is 5.36. The van der Waals surface area contributed by atoms with Gasteiger partial charge in [0.05, 0.1) is 5.92 Å². The van der Waals surface area contributed by atoms with Gasteiger partial charge in [-0.3, -0.25) is 14.4 Å². The Labute approximate surface area is 135 Å². The van der Waals surface area contributed by atoms with Crippen LogP contribution in [0.5, 0.6) is 0 Å². The van der Waals surface area contributed by atoms with Crippen molar-refractivity contribution in [1.82, 2.24) is 4.90 Å². The van der Waals surface area contributed by atoms with E-state index in [2.05, 4.69) is 5.32 Å². The van der Waals surface area contributed by atoms with E-state index in [9.17, 15) is 19.5 Å². The van der Waals surface area contributed by atoms with Crippen molar-refractivity contribution in [3.8, 4) is 0 Å². The van der Waals surface area contributed by atoms with E-state index in [-0.39, 0.29) is 17.9 Å². The highest BCUT2D eigenvalue weighted by Crippen LogP contribution is 2.26. The van der Waals surface area contributed by atoms with Crippen LogP contribution in [-0.4, -0.2) is 40.4 Å². The number of aliphatic carboxylic acids is 1. The lowest BCUT2D eigenvalue weighted by molar-refractivity contribution is -0.145. The van der Waals surface area contributed by atoms with E-state index in [1.807, 2.05) is 0 Å². The molecule has 0 unspecified atom stereocenters. The van der Waals surface area contributed by atoms with Gasteiger partial charge in [0.1, 0.15) is 0 Å². The molecule has 1 aliphatic rings. The van der Waals surface area contributed by atoms with Crippen LogP contribution >= 0.6 is 0 Å². The van der Waals surface area contributed by atoms with Gasteiger partial charge in [0.15, 0.2) is 0 Å². The summed E-state index contributed by atoms with van der Waals surface area (Å²) in [4.78, 5) is 37.1. The van der Waals surface area contributed by atoms with Crippen LogP contribution in [0, 0.1) is 5.92 Å². The highest BCUT2D eigenvalue weighted by molar-refractivity contribution is 5.97. The van der Waals surface area contributed by atoms with E-state index in [1.165, 1.54) is 0 Å². The lowest BCUT2D eigenvalue weighted by atomic mass is 9.90. The van der Waals surface area contributed by atoms with Gasteiger partial charge in [0, 0.05) is 30.3 Å². The van der Waals surface area contributed by atoms with Crippen molar-refractivity contribution < 1.29 is 19.5 Å². The van der Waals surface area contributed by atoms with E-state index in [1.54, 1.807) is 43.0 Å². The number of nitrogens with zero attached hydrogens (tertiary/aromatic N) is 1. The first-order valence-electron chi connectivity index (χ1n) is 7.87. The van der Waals surface area contributed by atoms with Gasteiger partial charge in [0.2, 0.25) is 5.91 Å². The van der Waals surface area contributed by atoms with Crippen molar-refractivity contribution >= 4 is 23.5 Å². The summed E-state index contributed by atoms with van der Waals surface area (Å²) in [6.45, 7) is 4.08. The standard InChI is InChI=1S/C17H22N2O4/c1-3-15(20)18-13-7-4-6-12(10-13)16(21)19-9-5-8-14(11(19)2)17(22)23/h4,6-7,10-11,14H,3,5,8-9H2,1-2H3,(H,18,20)(H,22,23)/t11-,14-/m0/s1. The molecule has 2 N–H and O–H groups in total. The minimum absolute atomic E-state index is 0.119. The zero-order chi connectivity index (χ0) is 17.0. The molecule has 1 aromatic carbocycles. The van der Waals surface area contributed by atoms with Crippen molar-refractivity contribution in [3.63, 3.8) is 0 Å². The lowest BCUT2D eigenvalue weighted by Gasteiger charge is -2.37. The van der Waals surface area contributed by atoms with Crippen LogP contribution in [0.2, 0.25) is 0 Å². The molecule has 23 heavy (non-hydrogen) atoms. The van der Waals surface area contributed by atoms with Crippen LogP contribution in [0.3, 0.4) is 0 Å². The summed E-state index contributed by atoms with van der Waals surface area (Å²) in [7, 11) is 0. The Balaban J connectivity index is 2.18. The second-order valence-electron chi connectivity index (χ2n) is 5.81. The Morgan fingerprint density at radius 2 is 2.09 bits per heavy atom. The summed E-state index contributed by atoms with van der Waals surface area (Å²) >= 11 is 0. The minimum atomic E-state index is -0.862. The second-order valence-corrected chi connectivity index (χ2v) is 5.81. The molecule has 0 radical (unpaired) electrons. The van der Waals surface area contributed by atoms with E-state index >= 15 is 0 Å². The van der Waals surface area contributed by atoms with E-state index in [4.69, 9.17) is 0 Å². The molecular weight excluding hydrogens is 296 g/mol. The third kappa shape index (κ3) is 3.88.